The molecule has 1 heterocycles. The fourth-order valence-corrected chi connectivity index (χ4v) is 2.84. The molecule has 0 aliphatic carbocycles. The van der Waals surface area contributed by atoms with Crippen molar-refractivity contribution in [2.24, 2.45) is 0 Å². The number of carboxylic acid groups (broad SMARTS) is 2. The Morgan fingerprint density at radius 3 is 2.44 bits per heavy atom. The largest absolute Gasteiger partial charge is 0.478 e. The molecule has 1 saturated heterocycles. The summed E-state index contributed by atoms with van der Waals surface area (Å²) in [6.07, 6.45) is -0.228. The zero-order valence-electron chi connectivity index (χ0n) is 13.1. The van der Waals surface area contributed by atoms with Crippen molar-refractivity contribution in [2.45, 2.75) is 12.5 Å². The lowest BCUT2D eigenvalue weighted by molar-refractivity contribution is 0.0681. The summed E-state index contributed by atoms with van der Waals surface area (Å²) in [5.41, 5.74) is 0.734. The van der Waals surface area contributed by atoms with Crippen LogP contribution in [0.4, 0.5) is 10.5 Å². The Morgan fingerprint density at radius 2 is 1.80 bits per heavy atom. The molecule has 0 saturated carbocycles. The Bertz CT molecular complexity index is 833. The van der Waals surface area contributed by atoms with Gasteiger partial charge in [0.1, 0.15) is 6.61 Å². The molecule has 1 aliphatic heterocycles. The molecule has 7 heteroatoms. The molecule has 3 rings (SSSR count). The molecule has 1 amide bonds. The van der Waals surface area contributed by atoms with E-state index in [0.29, 0.717) is 6.42 Å². The zero-order chi connectivity index (χ0) is 18.0. The minimum absolute atomic E-state index is 0.0239. The predicted octanol–water partition coefficient (Wildman–Crippen LogP) is 2.65. The first-order chi connectivity index (χ1) is 12.0. The SMILES string of the molecule is O=C(O)c1ccc(C(=O)O)c(N2C(=O)OC[C@@H]2Cc2ccccc2)c1. The fourth-order valence-electron chi connectivity index (χ4n) is 2.84. The van der Waals surface area contributed by atoms with Gasteiger partial charge in [-0.1, -0.05) is 30.3 Å². The highest BCUT2D eigenvalue weighted by Crippen LogP contribution is 2.30. The van der Waals surface area contributed by atoms with Gasteiger partial charge in [-0.05, 0) is 30.2 Å². The maximum absolute atomic E-state index is 12.2. The second-order valence-corrected chi connectivity index (χ2v) is 5.63. The van der Waals surface area contributed by atoms with Gasteiger partial charge in [0.15, 0.2) is 0 Å². The van der Waals surface area contributed by atoms with Crippen molar-refractivity contribution in [3.8, 4) is 0 Å². The number of cyclic esters (lactones) is 1. The molecular formula is C18H15NO6. The highest BCUT2D eigenvalue weighted by Gasteiger charge is 2.36. The van der Waals surface area contributed by atoms with Gasteiger partial charge < -0.3 is 14.9 Å². The zero-order valence-corrected chi connectivity index (χ0v) is 13.1. The maximum Gasteiger partial charge on any atom is 0.414 e. The number of nitrogens with zero attached hydrogens (tertiary/aromatic N) is 1. The summed E-state index contributed by atoms with van der Waals surface area (Å²) in [6, 6.07) is 12.6. The van der Waals surface area contributed by atoms with Gasteiger partial charge >= 0.3 is 18.0 Å². The molecule has 0 bridgehead atoms. The number of carbonyl (C=O) groups excluding carboxylic acids is 1. The Labute approximate surface area is 143 Å². The number of ether oxygens (including phenoxy) is 1. The second-order valence-electron chi connectivity index (χ2n) is 5.63. The molecule has 0 radical (unpaired) electrons. The van der Waals surface area contributed by atoms with Crippen LogP contribution in [0.15, 0.2) is 48.5 Å². The quantitative estimate of drug-likeness (QED) is 0.866. The number of hydrogen-bond donors (Lipinski definition) is 2. The number of aromatic carboxylic acids is 2. The van der Waals surface area contributed by atoms with E-state index >= 15 is 0 Å². The highest BCUT2D eigenvalue weighted by atomic mass is 16.6. The Balaban J connectivity index is 2.02. The summed E-state index contributed by atoms with van der Waals surface area (Å²) in [4.78, 5) is 36.1. The van der Waals surface area contributed by atoms with Gasteiger partial charge in [0, 0.05) is 0 Å². The molecule has 2 aromatic carbocycles. The van der Waals surface area contributed by atoms with E-state index in [9.17, 15) is 19.5 Å². The highest BCUT2D eigenvalue weighted by molar-refractivity contribution is 6.03. The smallest absolute Gasteiger partial charge is 0.414 e. The topological polar surface area (TPSA) is 104 Å². The van der Waals surface area contributed by atoms with Crippen LogP contribution >= 0.6 is 0 Å². The van der Waals surface area contributed by atoms with Crippen molar-refractivity contribution in [3.05, 3.63) is 65.2 Å². The van der Waals surface area contributed by atoms with Crippen LogP contribution in [0.5, 0.6) is 0 Å². The first kappa shape index (κ1) is 16.5. The molecule has 2 N–H and O–H groups in total. The first-order valence-corrected chi connectivity index (χ1v) is 7.58. The number of amides is 1. The molecule has 0 aromatic heterocycles. The van der Waals surface area contributed by atoms with Crippen molar-refractivity contribution < 1.29 is 29.3 Å². The molecule has 0 unspecified atom stereocenters. The van der Waals surface area contributed by atoms with Gasteiger partial charge in [-0.15, -0.1) is 0 Å². The van der Waals surface area contributed by atoms with Gasteiger partial charge in [0.2, 0.25) is 0 Å². The number of benzene rings is 2. The lowest BCUT2D eigenvalue weighted by atomic mass is 10.0. The Hall–Kier alpha value is -3.35. The third kappa shape index (κ3) is 3.30. The lowest BCUT2D eigenvalue weighted by Crippen LogP contribution is -2.36. The molecule has 7 nitrogen and oxygen atoms in total. The average Bonchev–Trinajstić information content (AvgIpc) is 2.95. The fraction of sp³-hybridized carbons (Fsp3) is 0.167. The molecule has 25 heavy (non-hydrogen) atoms. The van der Waals surface area contributed by atoms with Crippen LogP contribution in [0, 0.1) is 0 Å². The van der Waals surface area contributed by atoms with E-state index in [1.807, 2.05) is 30.3 Å². The van der Waals surface area contributed by atoms with Gasteiger partial charge in [-0.25, -0.2) is 14.4 Å². The van der Waals surface area contributed by atoms with E-state index in [1.165, 1.54) is 23.1 Å². The van der Waals surface area contributed by atoms with Crippen LogP contribution in [0.1, 0.15) is 26.3 Å². The molecule has 1 fully saturated rings. The van der Waals surface area contributed by atoms with Crippen molar-refractivity contribution in [1.82, 2.24) is 0 Å². The second kappa shape index (κ2) is 6.64. The van der Waals surface area contributed by atoms with Gasteiger partial charge in [-0.2, -0.15) is 0 Å². The van der Waals surface area contributed by atoms with Gasteiger partial charge in [0.25, 0.3) is 0 Å². The maximum atomic E-state index is 12.2. The lowest BCUT2D eigenvalue weighted by Gasteiger charge is -2.23. The summed E-state index contributed by atoms with van der Waals surface area (Å²) in [6.45, 7) is 0.101. The molecular weight excluding hydrogens is 326 g/mol. The molecule has 0 spiro atoms. The summed E-state index contributed by atoms with van der Waals surface area (Å²) in [5.74, 6) is -2.45. The standard InChI is InChI=1S/C18H15NO6/c20-16(21)12-6-7-14(17(22)23)15(9-12)19-13(10-25-18(19)24)8-11-4-2-1-3-5-11/h1-7,9,13H,8,10H2,(H,20,21)(H,22,23)/t13-/m0/s1. The summed E-state index contributed by atoms with van der Waals surface area (Å²) >= 11 is 0. The Kier molecular flexibility index (Phi) is 4.38. The summed E-state index contributed by atoms with van der Waals surface area (Å²) in [7, 11) is 0. The number of carbonyl (C=O) groups is 3. The summed E-state index contributed by atoms with van der Waals surface area (Å²) < 4.78 is 5.09. The van der Waals surface area contributed by atoms with Crippen molar-refractivity contribution >= 4 is 23.7 Å². The van der Waals surface area contributed by atoms with Crippen LogP contribution in [0.25, 0.3) is 0 Å². The minimum atomic E-state index is -1.25. The van der Waals surface area contributed by atoms with Crippen molar-refractivity contribution in [2.75, 3.05) is 11.5 Å². The predicted molar refractivity (Wildman–Crippen MR) is 88.1 cm³/mol. The van der Waals surface area contributed by atoms with E-state index in [4.69, 9.17) is 9.84 Å². The number of rotatable bonds is 5. The van der Waals surface area contributed by atoms with Crippen LogP contribution in [-0.4, -0.2) is 40.9 Å². The number of hydrogen-bond acceptors (Lipinski definition) is 4. The first-order valence-electron chi connectivity index (χ1n) is 7.58. The van der Waals surface area contributed by atoms with Crippen molar-refractivity contribution in [3.63, 3.8) is 0 Å². The normalized spacial score (nSPS) is 16.6. The average molecular weight is 341 g/mol. The molecule has 2 aromatic rings. The van der Waals surface area contributed by atoms with Gasteiger partial charge in [-0.3, -0.25) is 4.90 Å². The number of anilines is 1. The van der Waals surface area contributed by atoms with Crippen LogP contribution in [-0.2, 0) is 11.2 Å². The van der Waals surface area contributed by atoms with E-state index < -0.39 is 24.1 Å². The van der Waals surface area contributed by atoms with E-state index in [0.717, 1.165) is 5.56 Å². The number of carboxylic acids is 2. The van der Waals surface area contributed by atoms with Gasteiger partial charge in [0.05, 0.1) is 22.9 Å². The molecule has 128 valence electrons. The molecule has 1 atom stereocenters. The van der Waals surface area contributed by atoms with E-state index in [1.54, 1.807) is 0 Å². The molecule has 1 aliphatic rings. The Morgan fingerprint density at radius 1 is 1.08 bits per heavy atom. The van der Waals surface area contributed by atoms with Crippen LogP contribution in [0.3, 0.4) is 0 Å². The van der Waals surface area contributed by atoms with E-state index in [2.05, 4.69) is 0 Å². The monoisotopic (exact) mass is 341 g/mol. The van der Waals surface area contributed by atoms with Crippen LogP contribution in [0.2, 0.25) is 0 Å². The van der Waals surface area contributed by atoms with E-state index in [-0.39, 0.29) is 23.4 Å². The van der Waals surface area contributed by atoms with Crippen molar-refractivity contribution in [1.29, 1.82) is 0 Å². The summed E-state index contributed by atoms with van der Waals surface area (Å²) in [5, 5.41) is 18.6. The third-order valence-electron chi connectivity index (χ3n) is 4.01. The minimum Gasteiger partial charge on any atom is -0.478 e. The third-order valence-corrected chi connectivity index (χ3v) is 4.01. The van der Waals surface area contributed by atoms with Crippen LogP contribution < -0.4 is 4.90 Å².